The molecule has 0 amide bonds. The van der Waals surface area contributed by atoms with E-state index in [0.29, 0.717) is 5.69 Å². The molecule has 146 valence electrons. The van der Waals surface area contributed by atoms with Gasteiger partial charge in [-0.2, -0.15) is 0 Å². The third-order valence-electron chi connectivity index (χ3n) is 5.16. The zero-order valence-electron chi connectivity index (χ0n) is 16.0. The monoisotopic (exact) mass is 442 g/mol. The van der Waals surface area contributed by atoms with Crippen LogP contribution in [0.15, 0.2) is 45.8 Å². The highest BCUT2D eigenvalue weighted by molar-refractivity contribution is 9.10. The zero-order valence-corrected chi connectivity index (χ0v) is 17.6. The molecule has 0 aliphatic carbocycles. The van der Waals surface area contributed by atoms with Crippen molar-refractivity contribution >= 4 is 21.9 Å². The number of hydrogen-bond acceptors (Lipinski definition) is 5. The highest BCUT2D eigenvalue weighted by Crippen LogP contribution is 2.22. The summed E-state index contributed by atoms with van der Waals surface area (Å²) >= 11 is 3.41. The fourth-order valence-electron chi connectivity index (χ4n) is 3.45. The first-order valence-corrected chi connectivity index (χ1v) is 10.2. The number of likely N-dealkylation sites (N-methyl/N-ethyl adjacent to an activating group) is 1. The van der Waals surface area contributed by atoms with Crippen LogP contribution in [0, 0.1) is 6.92 Å². The van der Waals surface area contributed by atoms with Gasteiger partial charge < -0.3 is 9.80 Å². The number of anilines is 1. The molecule has 1 aliphatic heterocycles. The molecule has 1 aliphatic rings. The van der Waals surface area contributed by atoms with Gasteiger partial charge in [0.2, 0.25) is 5.95 Å². The Morgan fingerprint density at radius 1 is 1.14 bits per heavy atom. The molecule has 0 radical (unpaired) electrons. The molecule has 3 heterocycles. The van der Waals surface area contributed by atoms with Crippen molar-refractivity contribution in [3.63, 3.8) is 0 Å². The fraction of sp³-hybridized carbons (Fsp3) is 0.350. The average molecular weight is 443 g/mol. The third kappa shape index (κ3) is 3.74. The minimum atomic E-state index is -0.114. The molecule has 0 atom stereocenters. The number of H-pyrrole nitrogens is 1. The first kappa shape index (κ1) is 18.9. The van der Waals surface area contributed by atoms with Gasteiger partial charge in [0.15, 0.2) is 0 Å². The van der Waals surface area contributed by atoms with Gasteiger partial charge >= 0.3 is 0 Å². The van der Waals surface area contributed by atoms with E-state index in [2.05, 4.69) is 42.7 Å². The largest absolute Gasteiger partial charge is 0.338 e. The summed E-state index contributed by atoms with van der Waals surface area (Å²) in [6, 6.07) is 9.17. The maximum Gasteiger partial charge on any atom is 0.271 e. The van der Waals surface area contributed by atoms with Gasteiger partial charge in [0, 0.05) is 48.5 Å². The molecule has 0 bridgehead atoms. The Kier molecular flexibility index (Phi) is 5.32. The second kappa shape index (κ2) is 7.89. The second-order valence-corrected chi connectivity index (χ2v) is 7.83. The Hall–Kier alpha value is -2.45. The maximum absolute atomic E-state index is 12.4. The van der Waals surface area contributed by atoms with E-state index in [1.165, 1.54) is 4.68 Å². The van der Waals surface area contributed by atoms with Crippen LogP contribution in [-0.2, 0) is 0 Å². The first-order valence-electron chi connectivity index (χ1n) is 9.44. The standard InChI is InChI=1S/C20H23BrN6O/c1-3-25-8-10-26(11-9-25)20-22-13-17(14(2)23-20)18-12-19(28)27(24-18)16-6-4-15(21)5-7-16/h4-7,12-13,24H,3,8-11H2,1-2H3. The van der Waals surface area contributed by atoms with Crippen molar-refractivity contribution in [3.8, 4) is 16.9 Å². The molecule has 7 nitrogen and oxygen atoms in total. The van der Waals surface area contributed by atoms with Crippen molar-refractivity contribution in [1.82, 2.24) is 24.6 Å². The molecule has 0 spiro atoms. The quantitative estimate of drug-likeness (QED) is 0.672. The minimum absolute atomic E-state index is 0.114. The van der Waals surface area contributed by atoms with Gasteiger partial charge in [-0.15, -0.1) is 0 Å². The van der Waals surface area contributed by atoms with E-state index in [-0.39, 0.29) is 5.56 Å². The van der Waals surface area contributed by atoms with Crippen LogP contribution in [0.4, 0.5) is 5.95 Å². The molecule has 1 N–H and O–H groups in total. The lowest BCUT2D eigenvalue weighted by Gasteiger charge is -2.34. The van der Waals surface area contributed by atoms with Crippen LogP contribution in [0.1, 0.15) is 12.6 Å². The number of piperazine rings is 1. The lowest BCUT2D eigenvalue weighted by molar-refractivity contribution is 0.270. The SMILES string of the molecule is CCN1CCN(c2ncc(-c3cc(=O)n(-c4ccc(Br)cc4)[nH]3)c(C)n2)CC1. The van der Waals surface area contributed by atoms with Crippen LogP contribution in [0.25, 0.3) is 16.9 Å². The second-order valence-electron chi connectivity index (χ2n) is 6.91. The number of rotatable bonds is 4. The molecule has 0 unspecified atom stereocenters. The van der Waals surface area contributed by atoms with Gasteiger partial charge in [-0.3, -0.25) is 9.89 Å². The molecule has 3 aromatic rings. The molecule has 28 heavy (non-hydrogen) atoms. The number of halogens is 1. The van der Waals surface area contributed by atoms with Gasteiger partial charge in [0.1, 0.15) is 0 Å². The van der Waals surface area contributed by atoms with E-state index in [4.69, 9.17) is 4.98 Å². The van der Waals surface area contributed by atoms with Crippen LogP contribution in [0.2, 0.25) is 0 Å². The lowest BCUT2D eigenvalue weighted by Crippen LogP contribution is -2.46. The van der Waals surface area contributed by atoms with Crippen LogP contribution >= 0.6 is 15.9 Å². The smallest absolute Gasteiger partial charge is 0.271 e. The van der Waals surface area contributed by atoms with E-state index < -0.39 is 0 Å². The van der Waals surface area contributed by atoms with E-state index in [9.17, 15) is 4.79 Å². The number of aryl methyl sites for hydroxylation is 1. The Morgan fingerprint density at radius 3 is 2.50 bits per heavy atom. The van der Waals surface area contributed by atoms with Gasteiger partial charge in [-0.1, -0.05) is 22.9 Å². The van der Waals surface area contributed by atoms with Crippen LogP contribution in [-0.4, -0.2) is 57.4 Å². The lowest BCUT2D eigenvalue weighted by atomic mass is 10.2. The summed E-state index contributed by atoms with van der Waals surface area (Å²) in [5.41, 5.74) is 3.07. The normalized spacial score (nSPS) is 15.2. The number of hydrogen-bond donors (Lipinski definition) is 1. The summed E-state index contributed by atoms with van der Waals surface area (Å²) in [4.78, 5) is 26.4. The summed E-state index contributed by atoms with van der Waals surface area (Å²) in [6.45, 7) is 9.15. The summed E-state index contributed by atoms with van der Waals surface area (Å²) in [6.07, 6.45) is 1.81. The van der Waals surface area contributed by atoms with Gasteiger partial charge in [-0.05, 0) is 37.7 Å². The van der Waals surface area contributed by atoms with Crippen LogP contribution < -0.4 is 10.5 Å². The van der Waals surface area contributed by atoms with E-state index in [1.54, 1.807) is 12.3 Å². The summed E-state index contributed by atoms with van der Waals surface area (Å²) in [7, 11) is 0. The fourth-order valence-corrected chi connectivity index (χ4v) is 3.72. The van der Waals surface area contributed by atoms with Crippen molar-refractivity contribution in [2.24, 2.45) is 0 Å². The third-order valence-corrected chi connectivity index (χ3v) is 5.69. The highest BCUT2D eigenvalue weighted by atomic mass is 79.9. The van der Waals surface area contributed by atoms with E-state index in [0.717, 1.165) is 60.1 Å². The zero-order chi connectivity index (χ0) is 19.7. The summed E-state index contributed by atoms with van der Waals surface area (Å²) < 4.78 is 2.50. The van der Waals surface area contributed by atoms with Crippen LogP contribution in [0.3, 0.4) is 0 Å². The summed E-state index contributed by atoms with van der Waals surface area (Å²) in [5.74, 6) is 0.756. The van der Waals surface area contributed by atoms with Crippen molar-refractivity contribution in [3.05, 3.63) is 57.0 Å². The molecule has 1 saturated heterocycles. The number of nitrogens with zero attached hydrogens (tertiary/aromatic N) is 5. The average Bonchev–Trinajstić information content (AvgIpc) is 3.10. The Bertz CT molecular complexity index is 1020. The molecule has 2 aromatic heterocycles. The van der Waals surface area contributed by atoms with E-state index in [1.807, 2.05) is 31.2 Å². The number of aromatic amines is 1. The van der Waals surface area contributed by atoms with Gasteiger partial charge in [-0.25, -0.2) is 14.6 Å². The van der Waals surface area contributed by atoms with Gasteiger partial charge in [0.05, 0.1) is 17.1 Å². The molecule has 1 aromatic carbocycles. The Balaban J connectivity index is 1.59. The maximum atomic E-state index is 12.4. The molecule has 1 fully saturated rings. The van der Waals surface area contributed by atoms with Crippen molar-refractivity contribution in [2.75, 3.05) is 37.6 Å². The minimum Gasteiger partial charge on any atom is -0.338 e. The predicted molar refractivity (Wildman–Crippen MR) is 114 cm³/mol. The van der Waals surface area contributed by atoms with Crippen molar-refractivity contribution < 1.29 is 0 Å². The topological polar surface area (TPSA) is 70.0 Å². The Labute approximate surface area is 172 Å². The predicted octanol–water partition coefficient (Wildman–Crippen LogP) is 2.84. The molecular weight excluding hydrogens is 420 g/mol. The molecule has 8 heteroatoms. The number of nitrogens with one attached hydrogen (secondary N) is 1. The molecule has 4 rings (SSSR count). The van der Waals surface area contributed by atoms with Crippen molar-refractivity contribution in [1.29, 1.82) is 0 Å². The molecule has 0 saturated carbocycles. The van der Waals surface area contributed by atoms with E-state index >= 15 is 0 Å². The van der Waals surface area contributed by atoms with Gasteiger partial charge in [0.25, 0.3) is 5.56 Å². The highest BCUT2D eigenvalue weighted by Gasteiger charge is 2.19. The number of benzene rings is 1. The molecular formula is C20H23BrN6O. The van der Waals surface area contributed by atoms with Crippen molar-refractivity contribution in [2.45, 2.75) is 13.8 Å². The number of aromatic nitrogens is 4. The summed E-state index contributed by atoms with van der Waals surface area (Å²) in [5, 5.41) is 3.18. The Morgan fingerprint density at radius 2 is 1.86 bits per heavy atom. The first-order chi connectivity index (χ1) is 13.5. The van der Waals surface area contributed by atoms with Crippen LogP contribution in [0.5, 0.6) is 0 Å².